The summed E-state index contributed by atoms with van der Waals surface area (Å²) in [5.41, 5.74) is 0. The molecule has 9 heteroatoms. The lowest BCUT2D eigenvalue weighted by Gasteiger charge is -2.19. The topological polar surface area (TPSA) is 95.5 Å². The summed E-state index contributed by atoms with van der Waals surface area (Å²) in [6, 6.07) is 0. The highest BCUT2D eigenvalue weighted by Gasteiger charge is 2.13. The monoisotopic (exact) mass is 297 g/mol. The van der Waals surface area contributed by atoms with Crippen LogP contribution in [0.1, 0.15) is 0 Å². The third-order valence-corrected chi connectivity index (χ3v) is 2.59. The molecule has 9 nitrogen and oxygen atoms in total. The van der Waals surface area contributed by atoms with E-state index in [1.165, 1.54) is 0 Å². The van der Waals surface area contributed by atoms with E-state index in [-0.39, 0.29) is 12.5 Å². The Kier molecular flexibility index (Phi) is 6.60. The van der Waals surface area contributed by atoms with Crippen LogP contribution >= 0.6 is 0 Å². The van der Waals surface area contributed by atoms with E-state index in [9.17, 15) is 4.79 Å². The standard InChI is InChI=1S/C12H23N7O2/c1-13-10-15-11(18(2)3)17-12(16-10)19(4)8-9(20)14-6-7-21-5/h6-8H2,1-5H3,(H,14,20)(H,13,15,16,17). The molecule has 118 valence electrons. The summed E-state index contributed by atoms with van der Waals surface area (Å²) in [7, 11) is 8.76. The number of carbonyl (C=O) groups is 1. The minimum Gasteiger partial charge on any atom is -0.383 e. The van der Waals surface area contributed by atoms with Crippen molar-refractivity contribution < 1.29 is 9.53 Å². The van der Waals surface area contributed by atoms with E-state index < -0.39 is 0 Å². The molecule has 0 aliphatic rings. The molecule has 1 amide bonds. The van der Waals surface area contributed by atoms with Gasteiger partial charge in [-0.2, -0.15) is 15.0 Å². The number of rotatable bonds is 8. The number of hydrogen-bond acceptors (Lipinski definition) is 8. The average Bonchev–Trinajstić information content (AvgIpc) is 2.46. The largest absolute Gasteiger partial charge is 0.383 e. The average molecular weight is 297 g/mol. The zero-order chi connectivity index (χ0) is 15.8. The summed E-state index contributed by atoms with van der Waals surface area (Å²) in [6.07, 6.45) is 0. The molecule has 0 atom stereocenters. The molecule has 0 saturated heterocycles. The zero-order valence-electron chi connectivity index (χ0n) is 13.2. The van der Waals surface area contributed by atoms with Crippen molar-refractivity contribution in [1.29, 1.82) is 0 Å². The van der Waals surface area contributed by atoms with Crippen molar-refractivity contribution in [1.82, 2.24) is 20.3 Å². The van der Waals surface area contributed by atoms with Gasteiger partial charge >= 0.3 is 0 Å². The quantitative estimate of drug-likeness (QED) is 0.601. The van der Waals surface area contributed by atoms with Gasteiger partial charge in [0, 0.05) is 41.8 Å². The fourth-order valence-corrected chi connectivity index (χ4v) is 1.47. The lowest BCUT2D eigenvalue weighted by atomic mass is 10.5. The minimum atomic E-state index is -0.118. The maximum absolute atomic E-state index is 11.8. The van der Waals surface area contributed by atoms with Crippen molar-refractivity contribution in [2.24, 2.45) is 0 Å². The van der Waals surface area contributed by atoms with Crippen molar-refractivity contribution in [3.8, 4) is 0 Å². The molecule has 1 rings (SSSR count). The number of amides is 1. The van der Waals surface area contributed by atoms with Crippen LogP contribution < -0.4 is 20.4 Å². The molecule has 1 aromatic rings. The number of nitrogens with one attached hydrogen (secondary N) is 2. The van der Waals surface area contributed by atoms with Gasteiger partial charge < -0.3 is 25.2 Å². The molecule has 0 fully saturated rings. The Bertz CT molecular complexity index is 467. The second-order valence-electron chi connectivity index (χ2n) is 4.60. The second kappa shape index (κ2) is 8.20. The van der Waals surface area contributed by atoms with Crippen LogP contribution in [0.5, 0.6) is 0 Å². The highest BCUT2D eigenvalue weighted by atomic mass is 16.5. The molecule has 0 aromatic carbocycles. The Hall–Kier alpha value is -2.16. The van der Waals surface area contributed by atoms with Crippen molar-refractivity contribution in [2.75, 3.05) is 70.1 Å². The molecule has 1 aromatic heterocycles. The number of anilines is 3. The van der Waals surface area contributed by atoms with Crippen molar-refractivity contribution in [3.05, 3.63) is 0 Å². The minimum absolute atomic E-state index is 0.118. The molecule has 21 heavy (non-hydrogen) atoms. The number of nitrogens with zero attached hydrogens (tertiary/aromatic N) is 5. The van der Waals surface area contributed by atoms with Gasteiger partial charge in [-0.15, -0.1) is 0 Å². The smallest absolute Gasteiger partial charge is 0.239 e. The van der Waals surface area contributed by atoms with Crippen LogP contribution in [-0.2, 0) is 9.53 Å². The maximum atomic E-state index is 11.8. The van der Waals surface area contributed by atoms with Crippen LogP contribution in [0.4, 0.5) is 17.8 Å². The molecule has 0 unspecified atom stereocenters. The lowest BCUT2D eigenvalue weighted by Crippen LogP contribution is -2.37. The number of hydrogen-bond donors (Lipinski definition) is 2. The van der Waals surface area contributed by atoms with Crippen LogP contribution in [0, 0.1) is 0 Å². The summed E-state index contributed by atoms with van der Waals surface area (Å²) in [6.45, 7) is 1.12. The van der Waals surface area contributed by atoms with Crippen LogP contribution in [0.3, 0.4) is 0 Å². The van der Waals surface area contributed by atoms with Gasteiger partial charge in [0.1, 0.15) is 0 Å². The summed E-state index contributed by atoms with van der Waals surface area (Å²) in [5.74, 6) is 1.29. The van der Waals surface area contributed by atoms with Gasteiger partial charge in [-0.05, 0) is 0 Å². The first kappa shape index (κ1) is 16.9. The number of carbonyl (C=O) groups excluding carboxylic acids is 1. The Morgan fingerprint density at radius 1 is 1.19 bits per heavy atom. The van der Waals surface area contributed by atoms with E-state index in [2.05, 4.69) is 25.6 Å². The normalized spacial score (nSPS) is 10.1. The first-order valence-corrected chi connectivity index (χ1v) is 6.55. The number of likely N-dealkylation sites (N-methyl/N-ethyl adjacent to an activating group) is 1. The predicted molar refractivity (Wildman–Crippen MR) is 81.9 cm³/mol. The number of aromatic nitrogens is 3. The molecule has 0 bridgehead atoms. The molecule has 2 N–H and O–H groups in total. The van der Waals surface area contributed by atoms with Crippen LogP contribution in [0.2, 0.25) is 0 Å². The van der Waals surface area contributed by atoms with E-state index in [1.54, 1.807) is 31.0 Å². The Labute approximate surface area is 124 Å². The van der Waals surface area contributed by atoms with Crippen molar-refractivity contribution >= 4 is 23.8 Å². The number of ether oxygens (including phenoxy) is 1. The van der Waals surface area contributed by atoms with Gasteiger partial charge in [-0.3, -0.25) is 4.79 Å². The molecular formula is C12H23N7O2. The SMILES string of the molecule is CNc1nc(N(C)C)nc(N(C)CC(=O)NCCOC)n1. The fourth-order valence-electron chi connectivity index (χ4n) is 1.47. The number of methoxy groups -OCH3 is 1. The van der Waals surface area contributed by atoms with Gasteiger partial charge in [0.25, 0.3) is 0 Å². The van der Waals surface area contributed by atoms with Crippen molar-refractivity contribution in [3.63, 3.8) is 0 Å². The van der Waals surface area contributed by atoms with Gasteiger partial charge in [0.15, 0.2) is 0 Å². The predicted octanol–water partition coefficient (Wildman–Crippen LogP) is -0.822. The lowest BCUT2D eigenvalue weighted by molar-refractivity contribution is -0.119. The van der Waals surface area contributed by atoms with Gasteiger partial charge in [0.05, 0.1) is 13.2 Å². The van der Waals surface area contributed by atoms with Crippen LogP contribution in [-0.4, -0.2) is 75.9 Å². The van der Waals surface area contributed by atoms with E-state index >= 15 is 0 Å². The highest BCUT2D eigenvalue weighted by molar-refractivity contribution is 5.80. The third kappa shape index (κ3) is 5.38. The Morgan fingerprint density at radius 2 is 1.86 bits per heavy atom. The highest BCUT2D eigenvalue weighted by Crippen LogP contribution is 2.13. The van der Waals surface area contributed by atoms with Crippen LogP contribution in [0.25, 0.3) is 0 Å². The fraction of sp³-hybridized carbons (Fsp3) is 0.667. The van der Waals surface area contributed by atoms with Crippen molar-refractivity contribution in [2.45, 2.75) is 0 Å². The third-order valence-electron chi connectivity index (χ3n) is 2.59. The summed E-state index contributed by atoms with van der Waals surface area (Å²) in [5, 5.41) is 5.63. The first-order valence-electron chi connectivity index (χ1n) is 6.55. The molecular weight excluding hydrogens is 274 g/mol. The molecule has 0 spiro atoms. The second-order valence-corrected chi connectivity index (χ2v) is 4.60. The van der Waals surface area contributed by atoms with Gasteiger partial charge in [0.2, 0.25) is 23.8 Å². The molecule has 0 radical (unpaired) electrons. The maximum Gasteiger partial charge on any atom is 0.239 e. The van der Waals surface area contributed by atoms with E-state index in [0.29, 0.717) is 31.0 Å². The Morgan fingerprint density at radius 3 is 2.43 bits per heavy atom. The zero-order valence-corrected chi connectivity index (χ0v) is 13.2. The molecule has 0 saturated carbocycles. The molecule has 0 aliphatic heterocycles. The summed E-state index contributed by atoms with van der Waals surface area (Å²) >= 11 is 0. The first-order chi connectivity index (χ1) is 9.97. The Balaban J connectivity index is 2.74. The van der Waals surface area contributed by atoms with E-state index in [0.717, 1.165) is 0 Å². The summed E-state index contributed by atoms with van der Waals surface area (Å²) in [4.78, 5) is 28.0. The molecule has 1 heterocycles. The summed E-state index contributed by atoms with van der Waals surface area (Å²) < 4.78 is 4.88. The molecule has 0 aliphatic carbocycles. The van der Waals surface area contributed by atoms with Gasteiger partial charge in [-0.1, -0.05) is 0 Å². The van der Waals surface area contributed by atoms with Crippen LogP contribution in [0.15, 0.2) is 0 Å². The van der Waals surface area contributed by atoms with Gasteiger partial charge in [-0.25, -0.2) is 0 Å². The van der Waals surface area contributed by atoms with E-state index in [4.69, 9.17) is 4.74 Å². The van der Waals surface area contributed by atoms with E-state index in [1.807, 2.05) is 14.1 Å².